The summed E-state index contributed by atoms with van der Waals surface area (Å²) in [5.74, 6) is 1.21. The third-order valence-corrected chi connectivity index (χ3v) is 3.36. The van der Waals surface area contributed by atoms with Gasteiger partial charge in [-0.25, -0.2) is 0 Å². The summed E-state index contributed by atoms with van der Waals surface area (Å²) in [7, 11) is 0. The maximum absolute atomic E-state index is 12.0. The zero-order valence-corrected chi connectivity index (χ0v) is 11.0. The van der Waals surface area contributed by atoms with Gasteiger partial charge < -0.3 is 19.5 Å². The minimum absolute atomic E-state index is 0.122. The molecule has 2 rings (SSSR count). The molecule has 1 amide bonds. The smallest absolute Gasteiger partial charge is 0.262 e. The van der Waals surface area contributed by atoms with E-state index in [1.165, 1.54) is 11.0 Å². The topological polar surface area (TPSA) is 59.0 Å². The fourth-order valence-corrected chi connectivity index (χ4v) is 2.58. The summed E-state index contributed by atoms with van der Waals surface area (Å²) in [5, 5.41) is 10.4. The van der Waals surface area contributed by atoms with Crippen LogP contribution in [0.3, 0.4) is 0 Å². The largest absolute Gasteiger partial charge is 0.374 e. The van der Waals surface area contributed by atoms with Crippen molar-refractivity contribution in [1.29, 1.82) is 0 Å². The molecule has 0 spiro atoms. The number of rotatable bonds is 3. The van der Waals surface area contributed by atoms with Gasteiger partial charge in [0.15, 0.2) is 11.4 Å². The van der Waals surface area contributed by atoms with Gasteiger partial charge in [0.05, 0.1) is 13.2 Å². The lowest BCUT2D eigenvalue weighted by atomic mass is 9.78. The van der Waals surface area contributed by atoms with Crippen LogP contribution >= 0.6 is 0 Å². The molecule has 0 aromatic heterocycles. The van der Waals surface area contributed by atoms with Gasteiger partial charge in [-0.1, -0.05) is 12.5 Å². The lowest BCUT2D eigenvalue weighted by Crippen LogP contribution is -2.76. The van der Waals surface area contributed by atoms with Crippen molar-refractivity contribution in [2.45, 2.75) is 37.4 Å². The molecule has 2 fully saturated rings. The number of carbonyl (C=O) groups is 1. The number of likely N-dealkylation sites (tertiary alicyclic amines) is 1. The second-order valence-electron chi connectivity index (χ2n) is 5.12. The number of β-lactam (4-membered cyclic amide) rings is 1. The Morgan fingerprint density at radius 3 is 2.84 bits per heavy atom. The van der Waals surface area contributed by atoms with Crippen molar-refractivity contribution in [1.82, 2.24) is 4.90 Å². The molecule has 19 heavy (non-hydrogen) atoms. The highest BCUT2D eigenvalue weighted by atomic mass is 16.7. The standard InChI is InChI=1S/C14H17NO4/c1-5-7-14(17)11(15(8-6-2)12(14)16)10-9-18-13(3,4)19-10/h2,7,10-11,17H,1,8-9H2,3-4H3/t10-,11+,14-/m1/s1. The lowest BCUT2D eigenvalue weighted by Gasteiger charge is -2.52. The average Bonchev–Trinajstić information content (AvgIpc) is 2.68. The number of carbonyl (C=O) groups excluding carboxylic acids is 1. The third kappa shape index (κ3) is 2.09. The van der Waals surface area contributed by atoms with Crippen molar-refractivity contribution in [3.63, 3.8) is 0 Å². The van der Waals surface area contributed by atoms with E-state index in [2.05, 4.69) is 18.2 Å². The van der Waals surface area contributed by atoms with E-state index in [0.717, 1.165) is 0 Å². The van der Waals surface area contributed by atoms with Crippen LogP contribution in [0.15, 0.2) is 18.4 Å². The quantitative estimate of drug-likeness (QED) is 0.444. The van der Waals surface area contributed by atoms with Crippen molar-refractivity contribution < 1.29 is 19.4 Å². The number of ether oxygens (including phenoxy) is 2. The minimum atomic E-state index is -1.66. The zero-order valence-electron chi connectivity index (χ0n) is 11.0. The fourth-order valence-electron chi connectivity index (χ4n) is 2.58. The number of hydrogen-bond acceptors (Lipinski definition) is 4. The Hall–Kier alpha value is -1.57. The van der Waals surface area contributed by atoms with Gasteiger partial charge in [0.25, 0.3) is 5.91 Å². The van der Waals surface area contributed by atoms with Gasteiger partial charge in [0.2, 0.25) is 0 Å². The molecule has 0 saturated carbocycles. The summed E-state index contributed by atoms with van der Waals surface area (Å²) in [6.07, 6.45) is 6.06. The molecule has 0 radical (unpaired) electrons. The van der Waals surface area contributed by atoms with Crippen molar-refractivity contribution in [2.24, 2.45) is 0 Å². The molecule has 0 aromatic rings. The van der Waals surface area contributed by atoms with E-state index in [1.807, 2.05) is 0 Å². The number of terminal acetylenes is 1. The van der Waals surface area contributed by atoms with Crippen LogP contribution in [-0.2, 0) is 14.3 Å². The Balaban J connectivity index is 2.26. The first-order valence-electron chi connectivity index (χ1n) is 6.01. The van der Waals surface area contributed by atoms with Crippen molar-refractivity contribution >= 4 is 5.91 Å². The van der Waals surface area contributed by atoms with Crippen LogP contribution in [0.5, 0.6) is 0 Å². The van der Waals surface area contributed by atoms with E-state index in [-0.39, 0.29) is 6.54 Å². The Labute approximate surface area is 112 Å². The fraction of sp³-hybridized carbons (Fsp3) is 0.571. The lowest BCUT2D eigenvalue weighted by molar-refractivity contribution is -0.202. The zero-order chi connectivity index (χ0) is 14.3. The van der Waals surface area contributed by atoms with Gasteiger partial charge in [-0.15, -0.1) is 12.2 Å². The summed E-state index contributed by atoms with van der Waals surface area (Å²) in [4.78, 5) is 13.4. The van der Waals surface area contributed by atoms with E-state index in [0.29, 0.717) is 6.61 Å². The molecule has 2 aliphatic rings. The second-order valence-corrected chi connectivity index (χ2v) is 5.12. The predicted molar refractivity (Wildman–Crippen MR) is 67.9 cm³/mol. The van der Waals surface area contributed by atoms with E-state index in [4.69, 9.17) is 15.9 Å². The van der Waals surface area contributed by atoms with Gasteiger partial charge >= 0.3 is 0 Å². The molecule has 2 heterocycles. The number of amides is 1. The van der Waals surface area contributed by atoms with Crippen LogP contribution < -0.4 is 0 Å². The SMILES string of the molecule is C#CCN1C(=O)[C@@](O)(C=C=C)[C@@H]1[C@H]1COC(C)(C)O1. The third-order valence-electron chi connectivity index (χ3n) is 3.36. The van der Waals surface area contributed by atoms with Crippen molar-refractivity contribution in [2.75, 3.05) is 13.2 Å². The van der Waals surface area contributed by atoms with Crippen molar-refractivity contribution in [3.05, 3.63) is 18.4 Å². The van der Waals surface area contributed by atoms with Crippen LogP contribution in [0.1, 0.15) is 13.8 Å². The highest BCUT2D eigenvalue weighted by molar-refractivity contribution is 5.95. The highest BCUT2D eigenvalue weighted by Crippen LogP contribution is 2.39. The van der Waals surface area contributed by atoms with Gasteiger partial charge in [0, 0.05) is 6.08 Å². The normalized spacial score (nSPS) is 36.3. The van der Waals surface area contributed by atoms with E-state index < -0.39 is 29.4 Å². The molecular weight excluding hydrogens is 246 g/mol. The average molecular weight is 263 g/mol. The van der Waals surface area contributed by atoms with Crippen LogP contribution in [-0.4, -0.2) is 52.6 Å². The molecular formula is C14H17NO4. The Bertz CT molecular complexity index is 486. The molecule has 2 saturated heterocycles. The molecule has 5 heteroatoms. The molecule has 1 N–H and O–H groups in total. The molecule has 0 bridgehead atoms. The van der Waals surface area contributed by atoms with E-state index in [9.17, 15) is 9.90 Å². The van der Waals surface area contributed by atoms with Gasteiger partial charge in [-0.2, -0.15) is 0 Å². The predicted octanol–water partition coefficient (Wildman–Crippen LogP) is 0.0541. The van der Waals surface area contributed by atoms with E-state index in [1.54, 1.807) is 13.8 Å². The van der Waals surface area contributed by atoms with Gasteiger partial charge in [0.1, 0.15) is 12.1 Å². The minimum Gasteiger partial charge on any atom is -0.374 e. The molecule has 0 unspecified atom stereocenters. The second kappa shape index (κ2) is 4.52. The molecule has 3 atom stereocenters. The van der Waals surface area contributed by atoms with Gasteiger partial charge in [-0.3, -0.25) is 4.79 Å². The maximum Gasteiger partial charge on any atom is 0.262 e. The molecule has 102 valence electrons. The summed E-state index contributed by atoms with van der Waals surface area (Å²) in [6, 6.07) is -0.577. The monoisotopic (exact) mass is 263 g/mol. The summed E-state index contributed by atoms with van der Waals surface area (Å²) < 4.78 is 11.2. The summed E-state index contributed by atoms with van der Waals surface area (Å²) in [5.41, 5.74) is 0.797. The Kier molecular flexibility index (Phi) is 3.29. The first kappa shape index (κ1) is 13.9. The highest BCUT2D eigenvalue weighted by Gasteiger charge is 2.63. The Morgan fingerprint density at radius 1 is 1.68 bits per heavy atom. The van der Waals surface area contributed by atoms with Crippen LogP contribution in [0.4, 0.5) is 0 Å². The first-order chi connectivity index (χ1) is 8.85. The first-order valence-corrected chi connectivity index (χ1v) is 6.01. The Morgan fingerprint density at radius 2 is 2.37 bits per heavy atom. The number of nitrogens with zero attached hydrogens (tertiary/aromatic N) is 1. The van der Waals surface area contributed by atoms with Crippen LogP contribution in [0, 0.1) is 12.3 Å². The summed E-state index contributed by atoms with van der Waals surface area (Å²) >= 11 is 0. The summed E-state index contributed by atoms with van der Waals surface area (Å²) in [6.45, 7) is 7.37. The van der Waals surface area contributed by atoms with E-state index >= 15 is 0 Å². The molecule has 0 aromatic carbocycles. The van der Waals surface area contributed by atoms with Crippen LogP contribution in [0.25, 0.3) is 0 Å². The maximum atomic E-state index is 12.0. The number of aliphatic hydroxyl groups is 1. The molecule has 0 aliphatic carbocycles. The van der Waals surface area contributed by atoms with Crippen LogP contribution in [0.2, 0.25) is 0 Å². The van der Waals surface area contributed by atoms with Crippen molar-refractivity contribution in [3.8, 4) is 12.3 Å². The number of hydrogen-bond donors (Lipinski definition) is 1. The molecule has 5 nitrogen and oxygen atoms in total. The van der Waals surface area contributed by atoms with Gasteiger partial charge in [-0.05, 0) is 13.8 Å². The molecule has 2 aliphatic heterocycles.